The van der Waals surface area contributed by atoms with Gasteiger partial charge in [-0.1, -0.05) is 277 Å². The van der Waals surface area contributed by atoms with Crippen molar-refractivity contribution in [1.29, 1.82) is 0 Å². The van der Waals surface area contributed by atoms with Crippen molar-refractivity contribution in [1.82, 2.24) is 0 Å². The van der Waals surface area contributed by atoms with E-state index in [0.717, 1.165) is 77.4 Å². The summed E-state index contributed by atoms with van der Waals surface area (Å²) in [6, 6.07) is 18.6. The van der Waals surface area contributed by atoms with Gasteiger partial charge in [-0.05, 0) is 84.3 Å². The van der Waals surface area contributed by atoms with E-state index in [1.165, 1.54) is 232 Å². The number of hydrogen-bond donors (Lipinski definition) is 0. The summed E-state index contributed by atoms with van der Waals surface area (Å²) in [7, 11) is 1.45. The highest BCUT2D eigenvalue weighted by Crippen LogP contribution is 2.41. The number of carbonyl (C=O) groups is 1. The molecule has 0 N–H and O–H groups in total. The minimum atomic E-state index is -0.358. The molecule has 0 saturated carbocycles. The standard InChI is InChI=1S/C68H112O6/c1-6-10-14-18-22-26-30-34-38-42-52-71-64-50-47-59(57-66(64)73-54-44-40-36-32-28-24-20-16-12-8-3)62-49-46-61(68(69)70-5)56-63(62)60-48-51-65(72-53-43-39-35-31-27-23-19-15-11-7-2)67(58-60)74-55-45-41-37-33-29-25-21-17-13-9-4/h46-51,56-58H,6-45,52-55H2,1-5H3. The fraction of sp³-hybridized carbons (Fsp3) is 0.721. The number of carbonyl (C=O) groups excluding carboxylic acids is 1. The van der Waals surface area contributed by atoms with Crippen molar-refractivity contribution in [2.75, 3.05) is 33.5 Å². The number of methoxy groups -OCH3 is 1. The largest absolute Gasteiger partial charge is 0.490 e. The summed E-state index contributed by atoms with van der Waals surface area (Å²) in [5.41, 5.74) is 4.41. The van der Waals surface area contributed by atoms with E-state index in [1.54, 1.807) is 0 Å². The van der Waals surface area contributed by atoms with E-state index in [9.17, 15) is 4.79 Å². The monoisotopic (exact) mass is 1020 g/mol. The Morgan fingerprint density at radius 1 is 0.297 bits per heavy atom. The minimum Gasteiger partial charge on any atom is -0.490 e. The number of unbranched alkanes of at least 4 members (excludes halogenated alkanes) is 36. The Hall–Kier alpha value is -3.67. The van der Waals surface area contributed by atoms with Gasteiger partial charge < -0.3 is 23.7 Å². The van der Waals surface area contributed by atoms with Gasteiger partial charge in [0.15, 0.2) is 23.0 Å². The number of rotatable bonds is 51. The van der Waals surface area contributed by atoms with Crippen LogP contribution in [0.3, 0.4) is 0 Å². The third kappa shape index (κ3) is 30.2. The second-order valence-corrected chi connectivity index (χ2v) is 21.7. The van der Waals surface area contributed by atoms with Gasteiger partial charge in [-0.2, -0.15) is 0 Å². The molecule has 0 unspecified atom stereocenters. The molecule has 3 aromatic carbocycles. The van der Waals surface area contributed by atoms with Gasteiger partial charge in [-0.15, -0.1) is 0 Å². The van der Waals surface area contributed by atoms with Crippen LogP contribution in [-0.2, 0) is 4.74 Å². The highest BCUT2D eigenvalue weighted by atomic mass is 16.5. The summed E-state index contributed by atoms with van der Waals surface area (Å²) >= 11 is 0. The van der Waals surface area contributed by atoms with Crippen molar-refractivity contribution in [2.45, 2.75) is 285 Å². The van der Waals surface area contributed by atoms with Gasteiger partial charge in [0.1, 0.15) is 0 Å². The first-order valence-electron chi connectivity index (χ1n) is 31.6. The summed E-state index contributed by atoms with van der Waals surface area (Å²) in [5.74, 6) is 2.77. The van der Waals surface area contributed by atoms with E-state index >= 15 is 0 Å². The molecule has 74 heavy (non-hydrogen) atoms. The van der Waals surface area contributed by atoms with Crippen LogP contribution < -0.4 is 18.9 Å². The third-order valence-electron chi connectivity index (χ3n) is 15.0. The van der Waals surface area contributed by atoms with E-state index in [2.05, 4.69) is 64.1 Å². The van der Waals surface area contributed by atoms with Gasteiger partial charge in [0.2, 0.25) is 0 Å². The first kappa shape index (κ1) is 64.6. The van der Waals surface area contributed by atoms with Crippen LogP contribution in [0.5, 0.6) is 23.0 Å². The molecule has 0 radical (unpaired) electrons. The molecule has 0 atom stereocenters. The summed E-state index contributed by atoms with van der Waals surface area (Å²) in [4.78, 5) is 13.1. The second kappa shape index (κ2) is 45.5. The lowest BCUT2D eigenvalue weighted by atomic mass is 9.92. The molecule has 6 heteroatoms. The Morgan fingerprint density at radius 2 is 0.568 bits per heavy atom. The molecule has 0 amide bonds. The third-order valence-corrected chi connectivity index (χ3v) is 15.0. The zero-order valence-corrected chi connectivity index (χ0v) is 48.8. The van der Waals surface area contributed by atoms with E-state index in [-0.39, 0.29) is 5.97 Å². The molecule has 0 heterocycles. The minimum absolute atomic E-state index is 0.358. The van der Waals surface area contributed by atoms with Crippen molar-refractivity contribution in [3.63, 3.8) is 0 Å². The van der Waals surface area contributed by atoms with Crippen LogP contribution in [-0.4, -0.2) is 39.5 Å². The molecule has 0 spiro atoms. The van der Waals surface area contributed by atoms with E-state index in [0.29, 0.717) is 32.0 Å². The Labute approximate surface area is 456 Å². The molecule has 0 bridgehead atoms. The van der Waals surface area contributed by atoms with Crippen molar-refractivity contribution < 1.29 is 28.5 Å². The lowest BCUT2D eigenvalue weighted by Crippen LogP contribution is -2.04. The van der Waals surface area contributed by atoms with Gasteiger partial charge in [-0.25, -0.2) is 4.79 Å². The van der Waals surface area contributed by atoms with Crippen LogP contribution >= 0.6 is 0 Å². The van der Waals surface area contributed by atoms with Crippen LogP contribution in [0.4, 0.5) is 0 Å². The number of esters is 1. The van der Waals surface area contributed by atoms with Gasteiger partial charge in [0.25, 0.3) is 0 Å². The average Bonchev–Trinajstić information content (AvgIpc) is 3.42. The molecule has 3 rings (SSSR count). The predicted molar refractivity (Wildman–Crippen MR) is 318 cm³/mol. The molecule has 0 aliphatic heterocycles. The lowest BCUT2D eigenvalue weighted by Gasteiger charge is -2.18. The maximum Gasteiger partial charge on any atom is 0.337 e. The highest BCUT2D eigenvalue weighted by Gasteiger charge is 2.18. The molecule has 3 aromatic rings. The molecule has 6 nitrogen and oxygen atoms in total. The maximum absolute atomic E-state index is 13.1. The van der Waals surface area contributed by atoms with Crippen LogP contribution in [0, 0.1) is 0 Å². The first-order chi connectivity index (χ1) is 36.6. The van der Waals surface area contributed by atoms with Crippen LogP contribution in [0.2, 0.25) is 0 Å². The van der Waals surface area contributed by atoms with Crippen molar-refractivity contribution >= 4 is 5.97 Å². The molecular formula is C68H112O6. The van der Waals surface area contributed by atoms with Crippen molar-refractivity contribution in [3.8, 4) is 45.3 Å². The quantitative estimate of drug-likeness (QED) is 0.0415. The van der Waals surface area contributed by atoms with Gasteiger partial charge in [0, 0.05) is 0 Å². The average molecular weight is 1030 g/mol. The zero-order chi connectivity index (χ0) is 52.8. The van der Waals surface area contributed by atoms with Gasteiger partial charge in [-0.3, -0.25) is 0 Å². The fourth-order valence-corrected chi connectivity index (χ4v) is 10.2. The van der Waals surface area contributed by atoms with Crippen molar-refractivity contribution in [2.24, 2.45) is 0 Å². The van der Waals surface area contributed by atoms with Crippen LogP contribution in [0.15, 0.2) is 54.6 Å². The zero-order valence-electron chi connectivity index (χ0n) is 48.8. The number of benzene rings is 3. The predicted octanol–water partition coefficient (Wildman–Crippen LogP) is 22.0. The van der Waals surface area contributed by atoms with E-state index in [4.69, 9.17) is 23.7 Å². The Bertz CT molecular complexity index is 1790. The normalized spacial score (nSPS) is 11.3. The van der Waals surface area contributed by atoms with Gasteiger partial charge in [0.05, 0.1) is 39.1 Å². The SMILES string of the molecule is CCCCCCCCCCCCOc1ccc(-c2ccc(C(=O)OC)cc2-c2ccc(OCCCCCCCCCCCC)c(OCCCCCCCCCCCC)c2)cc1OCCCCCCCCCCCC. The van der Waals surface area contributed by atoms with Crippen LogP contribution in [0.25, 0.3) is 22.3 Å². The summed E-state index contributed by atoms with van der Waals surface area (Å²) in [5, 5.41) is 0. The first-order valence-corrected chi connectivity index (χ1v) is 31.6. The second-order valence-electron chi connectivity index (χ2n) is 21.7. The molecule has 0 aliphatic carbocycles. The lowest BCUT2D eigenvalue weighted by molar-refractivity contribution is 0.0600. The topological polar surface area (TPSA) is 63.2 Å². The summed E-state index contributed by atoms with van der Waals surface area (Å²) in [6.45, 7) is 11.8. The Balaban J connectivity index is 1.81. The number of hydrogen-bond acceptors (Lipinski definition) is 6. The molecule has 420 valence electrons. The number of ether oxygens (including phenoxy) is 5. The molecule has 0 aromatic heterocycles. The maximum atomic E-state index is 13.1. The molecule has 0 aliphatic rings. The Morgan fingerprint density at radius 3 is 0.865 bits per heavy atom. The van der Waals surface area contributed by atoms with E-state index in [1.807, 2.05) is 18.2 Å². The smallest absolute Gasteiger partial charge is 0.337 e. The highest BCUT2D eigenvalue weighted by molar-refractivity contribution is 5.95. The summed E-state index contributed by atoms with van der Waals surface area (Å²) < 4.78 is 31.6. The van der Waals surface area contributed by atoms with Gasteiger partial charge >= 0.3 is 5.97 Å². The fourth-order valence-electron chi connectivity index (χ4n) is 10.2. The van der Waals surface area contributed by atoms with E-state index < -0.39 is 0 Å². The van der Waals surface area contributed by atoms with Crippen LogP contribution in [0.1, 0.15) is 295 Å². The summed E-state index contributed by atoms with van der Waals surface area (Å²) in [6.07, 6.45) is 51.5. The Kier molecular flexibility index (Phi) is 39.7. The molecule has 0 saturated heterocycles. The van der Waals surface area contributed by atoms with Crippen molar-refractivity contribution in [3.05, 3.63) is 60.2 Å². The molecular weight excluding hydrogens is 913 g/mol. The molecule has 0 fully saturated rings.